The van der Waals surface area contributed by atoms with Crippen LogP contribution in [0.25, 0.3) is 0 Å². The third-order valence-corrected chi connectivity index (χ3v) is 4.95. The molecular formula is C16H34MgO4P+. The SMILES string of the molecule is CCCCC(CC)COP(=O)([O-])OCC(CC)CCCC.[Mg+2]. The van der Waals surface area contributed by atoms with Crippen molar-refractivity contribution < 1.29 is 18.5 Å². The quantitative estimate of drug-likeness (QED) is 0.342. The van der Waals surface area contributed by atoms with Crippen molar-refractivity contribution in [3.63, 3.8) is 0 Å². The summed E-state index contributed by atoms with van der Waals surface area (Å²) < 4.78 is 21.9. The molecule has 0 spiro atoms. The van der Waals surface area contributed by atoms with Gasteiger partial charge in [-0.05, 0) is 24.7 Å². The summed E-state index contributed by atoms with van der Waals surface area (Å²) in [6, 6.07) is 0. The summed E-state index contributed by atoms with van der Waals surface area (Å²) in [6.45, 7) is 8.91. The van der Waals surface area contributed by atoms with Crippen LogP contribution in [0.1, 0.15) is 79.1 Å². The van der Waals surface area contributed by atoms with Crippen molar-refractivity contribution >= 4 is 30.9 Å². The van der Waals surface area contributed by atoms with Crippen molar-refractivity contribution in [2.24, 2.45) is 11.8 Å². The second kappa shape index (κ2) is 15.4. The van der Waals surface area contributed by atoms with Gasteiger partial charge in [-0.3, -0.25) is 4.57 Å². The van der Waals surface area contributed by atoms with Crippen molar-refractivity contribution in [1.29, 1.82) is 0 Å². The van der Waals surface area contributed by atoms with Crippen LogP contribution in [-0.2, 0) is 13.6 Å². The van der Waals surface area contributed by atoms with Gasteiger partial charge >= 0.3 is 23.1 Å². The molecule has 0 aliphatic rings. The molecule has 0 aromatic heterocycles. The predicted octanol–water partition coefficient (Wildman–Crippen LogP) is 4.54. The topological polar surface area (TPSA) is 58.6 Å². The standard InChI is InChI=1S/C16H35O4P.Mg/c1-5-9-11-15(7-3)13-19-21(17,18)20-14-16(8-4)12-10-6-2;/h15-16H,5-14H2,1-4H3,(H,17,18);/q;+2/p-1. The third-order valence-electron chi connectivity index (χ3n) is 4.02. The van der Waals surface area contributed by atoms with E-state index in [1.807, 2.05) is 0 Å². The number of hydrogen-bond donors (Lipinski definition) is 0. The van der Waals surface area contributed by atoms with E-state index in [0.717, 1.165) is 51.4 Å². The molecule has 0 rings (SSSR count). The Labute approximate surface area is 153 Å². The molecule has 0 bridgehead atoms. The minimum atomic E-state index is -4.14. The van der Waals surface area contributed by atoms with Gasteiger partial charge < -0.3 is 13.9 Å². The van der Waals surface area contributed by atoms with Gasteiger partial charge in [0.15, 0.2) is 0 Å². The van der Waals surface area contributed by atoms with E-state index in [2.05, 4.69) is 27.7 Å². The number of hydrogen-bond acceptors (Lipinski definition) is 4. The molecule has 22 heavy (non-hydrogen) atoms. The molecule has 6 heteroatoms. The van der Waals surface area contributed by atoms with Crippen LogP contribution in [0.4, 0.5) is 0 Å². The van der Waals surface area contributed by atoms with E-state index < -0.39 is 7.82 Å². The van der Waals surface area contributed by atoms with Gasteiger partial charge in [0, 0.05) is 0 Å². The maximum absolute atomic E-state index is 11.8. The van der Waals surface area contributed by atoms with Crippen LogP contribution >= 0.6 is 7.82 Å². The van der Waals surface area contributed by atoms with Crippen LogP contribution < -0.4 is 4.89 Å². The number of unbranched alkanes of at least 4 members (excludes halogenated alkanes) is 2. The summed E-state index contributed by atoms with van der Waals surface area (Å²) in [4.78, 5) is 11.8. The summed E-state index contributed by atoms with van der Waals surface area (Å²) >= 11 is 0. The molecule has 0 saturated heterocycles. The molecular weight excluding hydrogens is 311 g/mol. The van der Waals surface area contributed by atoms with E-state index >= 15 is 0 Å². The molecule has 2 atom stereocenters. The first-order chi connectivity index (χ1) is 9.99. The van der Waals surface area contributed by atoms with Crippen LogP contribution in [0.15, 0.2) is 0 Å². The summed E-state index contributed by atoms with van der Waals surface area (Å²) in [5.41, 5.74) is 0. The van der Waals surface area contributed by atoms with Crippen LogP contribution in [0.5, 0.6) is 0 Å². The summed E-state index contributed by atoms with van der Waals surface area (Å²) in [7, 11) is -4.14. The van der Waals surface area contributed by atoms with E-state index in [1.165, 1.54) is 0 Å². The van der Waals surface area contributed by atoms with E-state index in [1.54, 1.807) is 0 Å². The van der Waals surface area contributed by atoms with Crippen LogP contribution in [0.3, 0.4) is 0 Å². The molecule has 0 saturated carbocycles. The van der Waals surface area contributed by atoms with Crippen LogP contribution in [0.2, 0.25) is 0 Å². The molecule has 4 nitrogen and oxygen atoms in total. The smallest absolute Gasteiger partial charge is 0.756 e. The number of rotatable bonds is 14. The van der Waals surface area contributed by atoms with Gasteiger partial charge in [-0.15, -0.1) is 0 Å². The molecule has 2 unspecified atom stereocenters. The van der Waals surface area contributed by atoms with Gasteiger partial charge in [0.2, 0.25) is 0 Å². The Kier molecular flexibility index (Phi) is 17.6. The molecule has 0 aliphatic carbocycles. The Bertz CT molecular complexity index is 265. The molecule has 0 N–H and O–H groups in total. The fourth-order valence-corrected chi connectivity index (χ4v) is 3.09. The third kappa shape index (κ3) is 13.3. The summed E-state index contributed by atoms with van der Waals surface area (Å²) in [5, 5.41) is 0. The zero-order chi connectivity index (χ0) is 16.1. The van der Waals surface area contributed by atoms with Gasteiger partial charge in [-0.2, -0.15) is 0 Å². The zero-order valence-corrected chi connectivity index (χ0v) is 17.3. The van der Waals surface area contributed by atoms with E-state index in [0.29, 0.717) is 11.8 Å². The fraction of sp³-hybridized carbons (Fsp3) is 1.00. The molecule has 128 valence electrons. The maximum Gasteiger partial charge on any atom is 2.00 e. The number of phosphoric acid groups is 1. The Morgan fingerprint density at radius 3 is 1.50 bits per heavy atom. The van der Waals surface area contributed by atoms with Crippen molar-refractivity contribution in [2.75, 3.05) is 13.2 Å². The summed E-state index contributed by atoms with van der Waals surface area (Å²) in [5.74, 6) is 0.607. The van der Waals surface area contributed by atoms with Gasteiger partial charge in [0.05, 0.1) is 13.2 Å². The minimum absolute atomic E-state index is 0. The van der Waals surface area contributed by atoms with Crippen molar-refractivity contribution in [1.82, 2.24) is 0 Å². The molecule has 0 aliphatic heterocycles. The molecule has 0 amide bonds. The van der Waals surface area contributed by atoms with Gasteiger partial charge in [0.25, 0.3) is 7.82 Å². The molecule has 0 fully saturated rings. The first-order valence-corrected chi connectivity index (χ1v) is 10.0. The van der Waals surface area contributed by atoms with Crippen LogP contribution in [-0.4, -0.2) is 36.3 Å². The molecule has 0 heterocycles. The number of phosphoric ester groups is 1. The molecule has 0 aromatic rings. The van der Waals surface area contributed by atoms with Gasteiger partial charge in [0.1, 0.15) is 0 Å². The average Bonchev–Trinajstić information content (AvgIpc) is 2.47. The largest absolute Gasteiger partial charge is 2.00 e. The molecule has 0 aromatic carbocycles. The van der Waals surface area contributed by atoms with E-state index in [-0.39, 0.29) is 36.3 Å². The summed E-state index contributed by atoms with van der Waals surface area (Å²) in [6.07, 6.45) is 8.38. The van der Waals surface area contributed by atoms with E-state index in [4.69, 9.17) is 9.05 Å². The Morgan fingerprint density at radius 2 is 1.23 bits per heavy atom. The monoisotopic (exact) mass is 345 g/mol. The fourth-order valence-electron chi connectivity index (χ4n) is 2.23. The zero-order valence-electron chi connectivity index (χ0n) is 15.0. The van der Waals surface area contributed by atoms with Crippen LogP contribution in [0, 0.1) is 11.8 Å². The van der Waals surface area contributed by atoms with E-state index in [9.17, 15) is 9.46 Å². The van der Waals surface area contributed by atoms with Gasteiger partial charge in [-0.25, -0.2) is 0 Å². The molecule has 0 radical (unpaired) electrons. The second-order valence-electron chi connectivity index (χ2n) is 5.87. The van der Waals surface area contributed by atoms with Crippen molar-refractivity contribution in [3.05, 3.63) is 0 Å². The average molecular weight is 346 g/mol. The van der Waals surface area contributed by atoms with Crippen molar-refractivity contribution in [3.8, 4) is 0 Å². The minimum Gasteiger partial charge on any atom is -0.756 e. The Hall–Kier alpha value is 0.876. The Morgan fingerprint density at radius 1 is 0.864 bits per heavy atom. The predicted molar refractivity (Wildman–Crippen MR) is 91.9 cm³/mol. The Balaban J connectivity index is 0. The normalized spacial score (nSPS) is 16.6. The first-order valence-electron chi connectivity index (χ1n) is 8.59. The van der Waals surface area contributed by atoms with Crippen molar-refractivity contribution in [2.45, 2.75) is 79.1 Å². The second-order valence-corrected chi connectivity index (χ2v) is 7.28. The first kappa shape index (κ1) is 25.1. The van der Waals surface area contributed by atoms with Gasteiger partial charge in [-0.1, -0.05) is 66.2 Å². The maximum atomic E-state index is 11.8.